The Bertz CT molecular complexity index is 1780. The van der Waals surface area contributed by atoms with Gasteiger partial charge in [-0.15, -0.1) is 0 Å². The molecule has 5 aromatic rings. The minimum atomic E-state index is -0.659. The fourth-order valence-corrected chi connectivity index (χ4v) is 5.94. The molecule has 0 fully saturated rings. The Hall–Kier alpha value is -5.30. The summed E-state index contributed by atoms with van der Waals surface area (Å²) in [6.07, 6.45) is 3.31. The van der Waals surface area contributed by atoms with Crippen molar-refractivity contribution >= 4 is 29.0 Å². The van der Waals surface area contributed by atoms with Crippen LogP contribution in [0.3, 0.4) is 0 Å². The van der Waals surface area contributed by atoms with Crippen LogP contribution < -0.4 is 5.43 Å². The van der Waals surface area contributed by atoms with E-state index in [0.29, 0.717) is 30.0 Å². The van der Waals surface area contributed by atoms with E-state index in [1.807, 2.05) is 37.4 Å². The topological polar surface area (TPSA) is 76.3 Å². The van der Waals surface area contributed by atoms with Crippen molar-refractivity contribution in [2.45, 2.75) is 12.5 Å². The summed E-state index contributed by atoms with van der Waals surface area (Å²) in [6, 6.07) is 36.9. The Morgan fingerprint density at radius 3 is 2.05 bits per heavy atom. The average molecular weight is 569 g/mol. The summed E-state index contributed by atoms with van der Waals surface area (Å²) in [5.74, 6) is 0.0110. The molecule has 6 rings (SSSR count). The molecule has 0 amide bonds. The van der Waals surface area contributed by atoms with Gasteiger partial charge in [0.1, 0.15) is 11.1 Å². The Kier molecular flexibility index (Phi) is 7.71. The normalized spacial score (nSPS) is 13.4. The lowest BCUT2D eigenvalue weighted by Crippen LogP contribution is -2.49. The van der Waals surface area contributed by atoms with E-state index in [-0.39, 0.29) is 17.6 Å². The van der Waals surface area contributed by atoms with Gasteiger partial charge in [-0.1, -0.05) is 97.1 Å². The van der Waals surface area contributed by atoms with Gasteiger partial charge in [-0.25, -0.2) is 14.8 Å². The van der Waals surface area contributed by atoms with Gasteiger partial charge in [0, 0.05) is 31.4 Å². The van der Waals surface area contributed by atoms with Gasteiger partial charge < -0.3 is 14.2 Å². The summed E-state index contributed by atoms with van der Waals surface area (Å²) in [7, 11) is 1.81. The number of carbonyl (C=O) groups excluding carboxylic acids is 1. The minimum Gasteiger partial charge on any atom is -0.462 e. The van der Waals surface area contributed by atoms with E-state index in [0.717, 1.165) is 22.3 Å². The van der Waals surface area contributed by atoms with Gasteiger partial charge in [0.15, 0.2) is 0 Å². The summed E-state index contributed by atoms with van der Waals surface area (Å²) in [5.41, 5.74) is 3.88. The third-order valence-electron chi connectivity index (χ3n) is 7.84. The highest BCUT2D eigenvalue weighted by Crippen LogP contribution is 2.43. The van der Waals surface area contributed by atoms with Gasteiger partial charge >= 0.3 is 5.97 Å². The van der Waals surface area contributed by atoms with Crippen LogP contribution in [0.2, 0.25) is 0 Å². The van der Waals surface area contributed by atoms with Crippen molar-refractivity contribution < 1.29 is 9.53 Å². The second kappa shape index (κ2) is 11.9. The Morgan fingerprint density at radius 1 is 0.907 bits per heavy atom. The van der Waals surface area contributed by atoms with Gasteiger partial charge in [0.25, 0.3) is 0 Å². The van der Waals surface area contributed by atoms with Gasteiger partial charge in [0.2, 0.25) is 11.4 Å². The molecule has 0 radical (unpaired) electrons. The fourth-order valence-electron chi connectivity index (χ4n) is 5.94. The molecule has 0 saturated carbocycles. The predicted molar refractivity (Wildman–Crippen MR) is 171 cm³/mol. The van der Waals surface area contributed by atoms with Crippen LogP contribution in [0.5, 0.6) is 0 Å². The van der Waals surface area contributed by atoms with Crippen molar-refractivity contribution in [3.8, 4) is 0 Å². The van der Waals surface area contributed by atoms with Gasteiger partial charge in [-0.3, -0.25) is 4.79 Å². The smallest absolute Gasteiger partial charge is 0.343 e. The number of guanidine groups is 1. The zero-order valence-electron chi connectivity index (χ0n) is 24.2. The molecule has 1 aliphatic heterocycles. The quantitative estimate of drug-likeness (QED) is 0.141. The highest BCUT2D eigenvalue weighted by molar-refractivity contribution is 5.98. The number of aliphatic imine (C=N–C) groups is 2. The van der Waals surface area contributed by atoms with Crippen LogP contribution in [0.4, 0.5) is 0 Å². The van der Waals surface area contributed by atoms with E-state index in [9.17, 15) is 9.59 Å². The largest absolute Gasteiger partial charge is 0.462 e. The lowest BCUT2D eigenvalue weighted by Gasteiger charge is -2.44. The van der Waals surface area contributed by atoms with Crippen LogP contribution in [0.1, 0.15) is 39.5 Å². The van der Waals surface area contributed by atoms with E-state index in [1.165, 1.54) is 6.20 Å². The van der Waals surface area contributed by atoms with E-state index < -0.39 is 11.5 Å². The van der Waals surface area contributed by atoms with Gasteiger partial charge in [0.05, 0.1) is 18.7 Å². The molecule has 0 spiro atoms. The van der Waals surface area contributed by atoms with Crippen molar-refractivity contribution in [3.05, 3.63) is 153 Å². The molecule has 0 saturated heterocycles. The second-order valence-electron chi connectivity index (χ2n) is 10.4. The first-order chi connectivity index (χ1) is 21.0. The molecule has 1 aliphatic rings. The highest BCUT2D eigenvalue weighted by Gasteiger charge is 2.45. The van der Waals surface area contributed by atoms with E-state index in [4.69, 9.17) is 14.7 Å². The van der Waals surface area contributed by atoms with Crippen molar-refractivity contribution in [1.82, 2.24) is 9.47 Å². The maximum absolute atomic E-state index is 13.1. The monoisotopic (exact) mass is 568 g/mol. The maximum atomic E-state index is 13.1. The molecule has 214 valence electrons. The van der Waals surface area contributed by atoms with Crippen molar-refractivity contribution in [2.24, 2.45) is 17.0 Å². The molecule has 2 heterocycles. The van der Waals surface area contributed by atoms with Crippen molar-refractivity contribution in [2.75, 3.05) is 19.7 Å². The highest BCUT2D eigenvalue weighted by atomic mass is 16.5. The number of hydrogen-bond donors (Lipinski definition) is 0. The second-order valence-corrected chi connectivity index (χ2v) is 10.4. The van der Waals surface area contributed by atoms with Crippen LogP contribution in [0.15, 0.2) is 130 Å². The SMILES string of the molecule is CCOC(=O)c1cn(C)c2cc(C=NC3=NCCN3C(c3ccccc3)(c3ccccc3)c3ccccc3)ccc2c1=O. The van der Waals surface area contributed by atoms with Gasteiger partial charge in [-0.05, 0) is 41.3 Å². The Labute approximate surface area is 250 Å². The number of ether oxygens (including phenoxy) is 1. The van der Waals surface area contributed by atoms with Crippen LogP contribution in [0, 0.1) is 0 Å². The third-order valence-corrected chi connectivity index (χ3v) is 7.84. The maximum Gasteiger partial charge on any atom is 0.343 e. The summed E-state index contributed by atoms with van der Waals surface area (Å²) in [5, 5.41) is 0.446. The molecule has 1 aromatic heterocycles. The number of hydrogen-bond acceptors (Lipinski definition) is 6. The number of aryl methyl sites for hydroxylation is 1. The zero-order valence-corrected chi connectivity index (χ0v) is 24.2. The Balaban J connectivity index is 1.44. The fraction of sp³-hybridized carbons (Fsp3) is 0.167. The number of carbonyl (C=O) groups is 1. The number of fused-ring (bicyclic) bond motifs is 1. The Morgan fingerprint density at radius 2 is 1.49 bits per heavy atom. The molecule has 0 aliphatic carbocycles. The third kappa shape index (κ3) is 5.03. The molecule has 7 nitrogen and oxygen atoms in total. The van der Waals surface area contributed by atoms with Crippen LogP contribution in [-0.2, 0) is 17.3 Å². The van der Waals surface area contributed by atoms with Crippen molar-refractivity contribution in [3.63, 3.8) is 0 Å². The lowest BCUT2D eigenvalue weighted by molar-refractivity contribution is 0.0524. The van der Waals surface area contributed by atoms with Crippen LogP contribution in [0.25, 0.3) is 10.9 Å². The van der Waals surface area contributed by atoms with Crippen molar-refractivity contribution in [1.29, 1.82) is 0 Å². The number of esters is 1. The zero-order chi connectivity index (χ0) is 29.8. The summed E-state index contributed by atoms with van der Waals surface area (Å²) >= 11 is 0. The lowest BCUT2D eigenvalue weighted by atomic mass is 9.75. The molecule has 7 heteroatoms. The standard InChI is InChI=1S/C36H32N4O3/c1-3-43-34(42)31-25-39(2)32-23-26(19-20-30(32)33(31)41)24-38-35-37-21-22-40(35)36(27-13-7-4-8-14-27,28-15-9-5-10-16-28)29-17-11-6-12-18-29/h4-20,23-25H,3,21-22H2,1-2H3. The van der Waals surface area contributed by atoms with E-state index in [2.05, 4.69) is 77.7 Å². The van der Waals surface area contributed by atoms with E-state index >= 15 is 0 Å². The molecule has 0 bridgehead atoms. The van der Waals surface area contributed by atoms with Crippen LogP contribution in [-0.4, -0.2) is 47.3 Å². The molecule has 0 unspecified atom stereocenters. The first kappa shape index (κ1) is 27.8. The summed E-state index contributed by atoms with van der Waals surface area (Å²) in [6.45, 7) is 3.23. The molecule has 0 N–H and O–H groups in total. The minimum absolute atomic E-state index is 0.0216. The summed E-state index contributed by atoms with van der Waals surface area (Å²) < 4.78 is 6.84. The first-order valence-electron chi connectivity index (χ1n) is 14.4. The molecule has 43 heavy (non-hydrogen) atoms. The summed E-state index contributed by atoms with van der Waals surface area (Å²) in [4.78, 5) is 37.5. The van der Waals surface area contributed by atoms with E-state index in [1.54, 1.807) is 23.8 Å². The number of rotatable bonds is 7. The number of aromatic nitrogens is 1. The molecular weight excluding hydrogens is 536 g/mol. The molecule has 4 aromatic carbocycles. The predicted octanol–water partition coefficient (Wildman–Crippen LogP) is 5.80. The van der Waals surface area contributed by atoms with Crippen LogP contribution >= 0.6 is 0 Å². The molecular formula is C36H32N4O3. The number of pyridine rings is 1. The average Bonchev–Trinajstić information content (AvgIpc) is 3.52. The van der Waals surface area contributed by atoms with Gasteiger partial charge in [-0.2, -0.15) is 0 Å². The first-order valence-corrected chi connectivity index (χ1v) is 14.4. The molecule has 0 atom stereocenters. The number of nitrogens with zero attached hydrogens (tertiary/aromatic N) is 4. The number of benzene rings is 4.